The van der Waals surface area contributed by atoms with Crippen molar-refractivity contribution in [1.29, 1.82) is 0 Å². The fraction of sp³-hybridized carbons (Fsp3) is 0.938. The Morgan fingerprint density at radius 3 is 2.37 bits per heavy atom. The lowest BCUT2D eigenvalue weighted by Gasteiger charge is -2.34. The number of carbonyl (C=O) groups is 1. The predicted molar refractivity (Wildman–Crippen MR) is 79.1 cm³/mol. The Bertz CT molecular complexity index is 284. The predicted octanol–water partition coefficient (Wildman–Crippen LogP) is 2.95. The van der Waals surface area contributed by atoms with E-state index >= 15 is 0 Å². The van der Waals surface area contributed by atoms with Crippen LogP contribution in [0.1, 0.15) is 65.2 Å². The highest BCUT2D eigenvalue weighted by molar-refractivity contribution is 5.73. The van der Waals surface area contributed by atoms with E-state index < -0.39 is 0 Å². The Morgan fingerprint density at radius 2 is 1.74 bits per heavy atom. The molecule has 3 heteroatoms. The molecule has 0 bridgehead atoms. The smallest absolute Gasteiger partial charge is 0.219 e. The second-order valence-electron chi connectivity index (χ2n) is 6.43. The number of piperidine rings is 1. The number of nitrogens with zero attached hydrogens (tertiary/aromatic N) is 1. The van der Waals surface area contributed by atoms with E-state index in [-0.39, 0.29) is 5.91 Å². The largest absolute Gasteiger partial charge is 0.343 e. The van der Waals surface area contributed by atoms with E-state index in [0.29, 0.717) is 6.04 Å². The molecular weight excluding hydrogens is 236 g/mol. The van der Waals surface area contributed by atoms with Crippen LogP contribution in [-0.4, -0.2) is 36.0 Å². The van der Waals surface area contributed by atoms with Gasteiger partial charge in [0.05, 0.1) is 0 Å². The van der Waals surface area contributed by atoms with E-state index in [1.807, 2.05) is 4.90 Å². The van der Waals surface area contributed by atoms with Gasteiger partial charge in [-0.3, -0.25) is 4.79 Å². The monoisotopic (exact) mass is 266 g/mol. The van der Waals surface area contributed by atoms with Crippen molar-refractivity contribution in [3.8, 4) is 0 Å². The molecule has 1 saturated carbocycles. The maximum absolute atomic E-state index is 11.3. The summed E-state index contributed by atoms with van der Waals surface area (Å²) in [5.41, 5.74) is 0. The minimum Gasteiger partial charge on any atom is -0.343 e. The Morgan fingerprint density at radius 1 is 1.05 bits per heavy atom. The summed E-state index contributed by atoms with van der Waals surface area (Å²) in [6.45, 7) is 5.90. The summed E-state index contributed by atoms with van der Waals surface area (Å²) in [6.07, 6.45) is 10.5. The molecule has 1 amide bonds. The zero-order valence-corrected chi connectivity index (χ0v) is 12.7. The first-order chi connectivity index (χ1) is 9.19. The average Bonchev–Trinajstić information content (AvgIpc) is 2.64. The Hall–Kier alpha value is -0.570. The number of carbonyl (C=O) groups excluding carboxylic acids is 1. The van der Waals surface area contributed by atoms with E-state index in [4.69, 9.17) is 0 Å². The average molecular weight is 266 g/mol. The maximum Gasteiger partial charge on any atom is 0.219 e. The molecule has 2 unspecified atom stereocenters. The number of hydrogen-bond donors (Lipinski definition) is 1. The molecule has 2 rings (SSSR count). The lowest BCUT2D eigenvalue weighted by molar-refractivity contribution is -0.129. The van der Waals surface area contributed by atoms with Crippen molar-refractivity contribution in [2.45, 2.75) is 77.3 Å². The minimum absolute atomic E-state index is 0.235. The van der Waals surface area contributed by atoms with E-state index in [9.17, 15) is 4.79 Å². The minimum atomic E-state index is 0.235. The topological polar surface area (TPSA) is 32.3 Å². The molecule has 19 heavy (non-hydrogen) atoms. The first-order valence-electron chi connectivity index (χ1n) is 8.20. The van der Waals surface area contributed by atoms with Crippen molar-refractivity contribution in [3.63, 3.8) is 0 Å². The fourth-order valence-corrected chi connectivity index (χ4v) is 3.65. The SMILES string of the molecule is CCC1CCCC(NC2CCN(C(C)=O)CC2)CC1. The van der Waals surface area contributed by atoms with Gasteiger partial charge in [-0.15, -0.1) is 0 Å². The quantitative estimate of drug-likeness (QED) is 0.797. The van der Waals surface area contributed by atoms with Gasteiger partial charge in [0.2, 0.25) is 5.91 Å². The summed E-state index contributed by atoms with van der Waals surface area (Å²) in [6, 6.07) is 1.37. The van der Waals surface area contributed by atoms with Crippen LogP contribution in [0, 0.1) is 5.92 Å². The normalized spacial score (nSPS) is 30.1. The molecule has 2 fully saturated rings. The second kappa shape index (κ2) is 7.28. The van der Waals surface area contributed by atoms with Crippen molar-refractivity contribution < 1.29 is 4.79 Å². The Kier molecular flexibility index (Phi) is 5.68. The van der Waals surface area contributed by atoms with Gasteiger partial charge >= 0.3 is 0 Å². The van der Waals surface area contributed by atoms with Gasteiger partial charge in [-0.1, -0.05) is 26.2 Å². The van der Waals surface area contributed by atoms with Crippen molar-refractivity contribution in [3.05, 3.63) is 0 Å². The zero-order chi connectivity index (χ0) is 13.7. The zero-order valence-electron chi connectivity index (χ0n) is 12.7. The van der Waals surface area contributed by atoms with Gasteiger partial charge in [-0.25, -0.2) is 0 Å². The molecular formula is C16H30N2O. The van der Waals surface area contributed by atoms with Gasteiger partial charge < -0.3 is 10.2 Å². The van der Waals surface area contributed by atoms with Gasteiger partial charge in [0, 0.05) is 32.1 Å². The van der Waals surface area contributed by atoms with E-state index in [0.717, 1.165) is 37.9 Å². The summed E-state index contributed by atoms with van der Waals surface area (Å²) in [4.78, 5) is 13.3. The van der Waals surface area contributed by atoms with Crippen LogP contribution in [0.5, 0.6) is 0 Å². The van der Waals surface area contributed by atoms with E-state index in [1.165, 1.54) is 38.5 Å². The molecule has 2 aliphatic rings. The molecule has 2 atom stereocenters. The molecule has 1 aliphatic heterocycles. The van der Waals surface area contributed by atoms with Crippen LogP contribution in [0.25, 0.3) is 0 Å². The second-order valence-corrected chi connectivity index (χ2v) is 6.43. The standard InChI is InChI=1S/C16H30N2O/c1-3-14-5-4-6-15(8-7-14)17-16-9-11-18(12-10-16)13(2)19/h14-17H,3-12H2,1-2H3. The summed E-state index contributed by atoms with van der Waals surface area (Å²) in [5, 5.41) is 3.86. The Labute approximate surface area is 118 Å². The first-order valence-corrected chi connectivity index (χ1v) is 8.20. The molecule has 1 heterocycles. The summed E-state index contributed by atoms with van der Waals surface area (Å²) < 4.78 is 0. The van der Waals surface area contributed by atoms with Gasteiger partial charge in [-0.05, 0) is 38.0 Å². The van der Waals surface area contributed by atoms with Crippen molar-refractivity contribution in [1.82, 2.24) is 10.2 Å². The van der Waals surface area contributed by atoms with E-state index in [2.05, 4.69) is 12.2 Å². The Balaban J connectivity index is 1.72. The summed E-state index contributed by atoms with van der Waals surface area (Å²) >= 11 is 0. The van der Waals surface area contributed by atoms with Crippen LogP contribution in [-0.2, 0) is 4.79 Å². The third-order valence-electron chi connectivity index (χ3n) is 5.08. The van der Waals surface area contributed by atoms with Gasteiger partial charge in [0.25, 0.3) is 0 Å². The molecule has 1 aliphatic carbocycles. The van der Waals surface area contributed by atoms with Crippen LogP contribution in [0.3, 0.4) is 0 Å². The van der Waals surface area contributed by atoms with E-state index in [1.54, 1.807) is 6.92 Å². The summed E-state index contributed by atoms with van der Waals surface area (Å²) in [7, 11) is 0. The maximum atomic E-state index is 11.3. The fourth-order valence-electron chi connectivity index (χ4n) is 3.65. The molecule has 0 spiro atoms. The number of hydrogen-bond acceptors (Lipinski definition) is 2. The highest BCUT2D eigenvalue weighted by Crippen LogP contribution is 2.26. The molecule has 1 saturated heterocycles. The van der Waals surface area contributed by atoms with Crippen LogP contribution < -0.4 is 5.32 Å². The molecule has 110 valence electrons. The third kappa shape index (κ3) is 4.48. The van der Waals surface area contributed by atoms with Crippen molar-refractivity contribution in [2.24, 2.45) is 5.92 Å². The van der Waals surface area contributed by atoms with Gasteiger partial charge in [-0.2, -0.15) is 0 Å². The third-order valence-corrected chi connectivity index (χ3v) is 5.08. The number of nitrogens with one attached hydrogen (secondary N) is 1. The van der Waals surface area contributed by atoms with Crippen molar-refractivity contribution in [2.75, 3.05) is 13.1 Å². The molecule has 1 N–H and O–H groups in total. The first kappa shape index (κ1) is 14.8. The number of likely N-dealkylation sites (tertiary alicyclic amines) is 1. The summed E-state index contributed by atoms with van der Waals surface area (Å²) in [5.74, 6) is 1.20. The highest BCUT2D eigenvalue weighted by Gasteiger charge is 2.24. The molecule has 0 aromatic heterocycles. The van der Waals surface area contributed by atoms with Gasteiger partial charge in [0.15, 0.2) is 0 Å². The van der Waals surface area contributed by atoms with Crippen LogP contribution in [0.4, 0.5) is 0 Å². The van der Waals surface area contributed by atoms with Crippen LogP contribution in [0.15, 0.2) is 0 Å². The molecule has 3 nitrogen and oxygen atoms in total. The van der Waals surface area contributed by atoms with Crippen LogP contribution >= 0.6 is 0 Å². The lowest BCUT2D eigenvalue weighted by atomic mass is 9.97. The molecule has 0 aromatic carbocycles. The van der Waals surface area contributed by atoms with Crippen LogP contribution in [0.2, 0.25) is 0 Å². The number of rotatable bonds is 3. The van der Waals surface area contributed by atoms with Gasteiger partial charge in [0.1, 0.15) is 0 Å². The lowest BCUT2D eigenvalue weighted by Crippen LogP contribution is -2.47. The molecule has 0 radical (unpaired) electrons. The van der Waals surface area contributed by atoms with Crippen molar-refractivity contribution >= 4 is 5.91 Å². The highest BCUT2D eigenvalue weighted by atomic mass is 16.2. The molecule has 0 aromatic rings. The number of amides is 1.